The number of carbonyl (C=O) groups is 1. The third kappa shape index (κ3) is 5.14. The highest BCUT2D eigenvalue weighted by atomic mass is 16.6. The Labute approximate surface area is 165 Å². The highest BCUT2D eigenvalue weighted by molar-refractivity contribution is 5.69. The van der Waals surface area contributed by atoms with E-state index in [2.05, 4.69) is 40.7 Å². The van der Waals surface area contributed by atoms with Crippen molar-refractivity contribution in [2.75, 3.05) is 13.2 Å². The second kappa shape index (κ2) is 9.09. The minimum absolute atomic E-state index is 0.220. The highest BCUT2D eigenvalue weighted by Crippen LogP contribution is 2.58. The van der Waals surface area contributed by atoms with Crippen LogP contribution in [0.5, 0.6) is 0 Å². The fourth-order valence-corrected chi connectivity index (χ4v) is 5.22. The van der Waals surface area contributed by atoms with E-state index in [9.17, 15) is 4.79 Å². The lowest BCUT2D eigenvalue weighted by Crippen LogP contribution is -2.43. The van der Waals surface area contributed by atoms with Crippen LogP contribution in [0.1, 0.15) is 79.6 Å². The van der Waals surface area contributed by atoms with Gasteiger partial charge in [-0.25, -0.2) is 0 Å². The summed E-state index contributed by atoms with van der Waals surface area (Å²) in [6, 6.07) is 0. The molecule has 1 saturated carbocycles. The zero-order chi connectivity index (χ0) is 20.2. The van der Waals surface area contributed by atoms with Gasteiger partial charge in [-0.2, -0.15) is 0 Å². The molecule has 2 N–H and O–H groups in total. The van der Waals surface area contributed by atoms with E-state index in [1.54, 1.807) is 5.57 Å². The van der Waals surface area contributed by atoms with Crippen LogP contribution in [0.2, 0.25) is 0 Å². The molecule has 4 nitrogen and oxygen atoms in total. The van der Waals surface area contributed by atoms with Crippen molar-refractivity contribution in [1.29, 1.82) is 0 Å². The van der Waals surface area contributed by atoms with Crippen LogP contribution < -0.4 is 0 Å². The molecule has 0 aromatic heterocycles. The lowest BCUT2D eigenvalue weighted by molar-refractivity contribution is -0.154. The van der Waals surface area contributed by atoms with Gasteiger partial charge in [0.1, 0.15) is 6.10 Å². The number of aliphatic hydroxyl groups excluding tert-OH is 2. The first-order valence-electron chi connectivity index (χ1n) is 10.8. The van der Waals surface area contributed by atoms with Gasteiger partial charge in [0.15, 0.2) is 0 Å². The third-order valence-electron chi connectivity index (χ3n) is 7.48. The molecule has 156 valence electrons. The Hall–Kier alpha value is -0.870. The van der Waals surface area contributed by atoms with Crippen molar-refractivity contribution < 1.29 is 19.7 Å². The Morgan fingerprint density at radius 1 is 1.26 bits per heavy atom. The Morgan fingerprint density at radius 2 is 1.93 bits per heavy atom. The number of fused-ring (bicyclic) bond motifs is 1. The van der Waals surface area contributed by atoms with E-state index in [-0.39, 0.29) is 30.5 Å². The van der Waals surface area contributed by atoms with Crippen molar-refractivity contribution in [3.05, 3.63) is 11.6 Å². The molecular weight excluding hydrogens is 340 g/mol. The fraction of sp³-hybridized carbons (Fsp3) is 0.870. The number of allylic oxidation sites excluding steroid dienone is 2. The molecular formula is C23H40O4. The number of rotatable bonds is 8. The Bertz CT molecular complexity index is 534. The van der Waals surface area contributed by atoms with Gasteiger partial charge in [0.2, 0.25) is 0 Å². The number of aliphatic hydroxyl groups is 2. The fourth-order valence-electron chi connectivity index (χ4n) is 5.22. The SMILES string of the molecule is CC(CC[C@]1(C)C2=CCCC(C)(C)[C@H]2CC[C@@H]1C)CC(=O)OC(CO)CO. The molecule has 2 aliphatic carbocycles. The summed E-state index contributed by atoms with van der Waals surface area (Å²) in [7, 11) is 0. The summed E-state index contributed by atoms with van der Waals surface area (Å²) in [6.45, 7) is 11.1. The van der Waals surface area contributed by atoms with Crippen LogP contribution in [0.3, 0.4) is 0 Å². The Morgan fingerprint density at radius 3 is 2.56 bits per heavy atom. The summed E-state index contributed by atoms with van der Waals surface area (Å²) in [5.74, 6) is 1.27. The lowest BCUT2D eigenvalue weighted by atomic mass is 9.52. The molecule has 27 heavy (non-hydrogen) atoms. The van der Waals surface area contributed by atoms with E-state index < -0.39 is 6.10 Å². The van der Waals surface area contributed by atoms with Crippen LogP contribution in [0.4, 0.5) is 0 Å². The predicted molar refractivity (Wildman–Crippen MR) is 108 cm³/mol. The number of esters is 1. The van der Waals surface area contributed by atoms with Crippen molar-refractivity contribution in [3.63, 3.8) is 0 Å². The highest BCUT2D eigenvalue weighted by Gasteiger charge is 2.47. The van der Waals surface area contributed by atoms with Gasteiger partial charge >= 0.3 is 5.97 Å². The summed E-state index contributed by atoms with van der Waals surface area (Å²) in [5.41, 5.74) is 2.29. The van der Waals surface area contributed by atoms with Gasteiger partial charge in [0, 0.05) is 6.42 Å². The standard InChI is InChI=1S/C23H40O4/c1-16(13-21(26)27-18(14-24)15-25)10-12-23(5)17(2)8-9-19-20(23)7-6-11-22(19,3)4/h7,16-19,24-25H,6,8-15H2,1-5H3/t16?,17-,19-,23-/m0/s1. The predicted octanol–water partition coefficient (Wildman–Crippen LogP) is 4.49. The summed E-state index contributed by atoms with van der Waals surface area (Å²) in [4.78, 5) is 12.0. The van der Waals surface area contributed by atoms with Gasteiger partial charge in [0.05, 0.1) is 13.2 Å². The van der Waals surface area contributed by atoms with Gasteiger partial charge in [0.25, 0.3) is 0 Å². The number of ether oxygens (including phenoxy) is 1. The normalized spacial score (nSPS) is 31.2. The maximum atomic E-state index is 12.0. The van der Waals surface area contributed by atoms with E-state index in [1.165, 1.54) is 25.7 Å². The van der Waals surface area contributed by atoms with Gasteiger partial charge in [-0.1, -0.05) is 46.3 Å². The molecule has 1 fully saturated rings. The average molecular weight is 381 g/mol. The monoisotopic (exact) mass is 380 g/mol. The van der Waals surface area contributed by atoms with Gasteiger partial charge in [-0.05, 0) is 67.1 Å². The van der Waals surface area contributed by atoms with Crippen molar-refractivity contribution >= 4 is 5.97 Å². The minimum atomic E-state index is -0.795. The molecule has 0 aliphatic heterocycles. The van der Waals surface area contributed by atoms with Gasteiger partial charge < -0.3 is 14.9 Å². The van der Waals surface area contributed by atoms with Crippen molar-refractivity contribution in [2.24, 2.45) is 28.6 Å². The van der Waals surface area contributed by atoms with Crippen molar-refractivity contribution in [2.45, 2.75) is 85.7 Å². The maximum absolute atomic E-state index is 12.0. The number of hydrogen-bond acceptors (Lipinski definition) is 4. The molecule has 0 amide bonds. The second-order valence-corrected chi connectivity index (χ2v) is 9.96. The van der Waals surface area contributed by atoms with E-state index >= 15 is 0 Å². The van der Waals surface area contributed by atoms with E-state index in [0.29, 0.717) is 23.7 Å². The topological polar surface area (TPSA) is 66.8 Å². The van der Waals surface area contributed by atoms with Crippen LogP contribution in [0.15, 0.2) is 11.6 Å². The smallest absolute Gasteiger partial charge is 0.306 e. The molecule has 1 unspecified atom stereocenters. The Kier molecular flexibility index (Phi) is 7.54. The van der Waals surface area contributed by atoms with Crippen LogP contribution in [-0.2, 0) is 9.53 Å². The summed E-state index contributed by atoms with van der Waals surface area (Å²) in [6.07, 6.45) is 9.22. The van der Waals surface area contributed by atoms with Crippen LogP contribution in [0, 0.1) is 28.6 Å². The Balaban J connectivity index is 1.98. The lowest BCUT2D eigenvalue weighted by Gasteiger charge is -2.53. The molecule has 0 aromatic rings. The van der Waals surface area contributed by atoms with E-state index in [0.717, 1.165) is 12.8 Å². The van der Waals surface area contributed by atoms with Gasteiger partial charge in [-0.15, -0.1) is 0 Å². The van der Waals surface area contributed by atoms with E-state index in [1.807, 2.05) is 0 Å². The quantitative estimate of drug-likeness (QED) is 0.481. The average Bonchev–Trinajstić information content (AvgIpc) is 2.61. The molecule has 2 rings (SSSR count). The molecule has 2 aliphatic rings. The molecule has 0 saturated heterocycles. The minimum Gasteiger partial charge on any atom is -0.457 e. The molecule has 0 bridgehead atoms. The number of hydrogen-bond donors (Lipinski definition) is 2. The first kappa shape index (κ1) is 22.4. The molecule has 4 atom stereocenters. The molecule has 0 spiro atoms. The molecule has 4 heteroatoms. The first-order chi connectivity index (χ1) is 12.6. The third-order valence-corrected chi connectivity index (χ3v) is 7.48. The first-order valence-corrected chi connectivity index (χ1v) is 10.8. The van der Waals surface area contributed by atoms with Gasteiger partial charge in [-0.3, -0.25) is 4.79 Å². The van der Waals surface area contributed by atoms with Crippen molar-refractivity contribution in [1.82, 2.24) is 0 Å². The van der Waals surface area contributed by atoms with Crippen LogP contribution in [0.25, 0.3) is 0 Å². The van der Waals surface area contributed by atoms with Crippen molar-refractivity contribution in [3.8, 4) is 0 Å². The zero-order valence-corrected chi connectivity index (χ0v) is 18.0. The van der Waals surface area contributed by atoms with Crippen LogP contribution in [-0.4, -0.2) is 35.5 Å². The molecule has 0 aromatic carbocycles. The summed E-state index contributed by atoms with van der Waals surface area (Å²) in [5, 5.41) is 18.1. The number of carbonyl (C=O) groups excluding carboxylic acids is 1. The maximum Gasteiger partial charge on any atom is 0.306 e. The largest absolute Gasteiger partial charge is 0.457 e. The summed E-state index contributed by atoms with van der Waals surface area (Å²) < 4.78 is 5.12. The molecule has 0 heterocycles. The zero-order valence-electron chi connectivity index (χ0n) is 18.0. The van der Waals surface area contributed by atoms with E-state index in [4.69, 9.17) is 14.9 Å². The summed E-state index contributed by atoms with van der Waals surface area (Å²) >= 11 is 0. The second-order valence-electron chi connectivity index (χ2n) is 9.96. The van der Waals surface area contributed by atoms with Crippen LogP contribution >= 0.6 is 0 Å². The molecule has 0 radical (unpaired) electrons.